The van der Waals surface area contributed by atoms with Crippen molar-refractivity contribution in [3.05, 3.63) is 69.2 Å². The standard InChI is InChI=1S/C24H28BrN3O3/c1-3-27(4-2)16-18-9-7-17(8-10-18)15-26-22(29)6-5-13-28-23(30)20-12-11-19(25)14-21(20)24(28)31/h7-12,14H,3-6,13,15-16H2,1-2H3,(H,26,29). The third-order valence-electron chi connectivity index (χ3n) is 5.53. The van der Waals surface area contributed by atoms with E-state index in [0.717, 1.165) is 29.7 Å². The van der Waals surface area contributed by atoms with Gasteiger partial charge in [-0.15, -0.1) is 0 Å². The van der Waals surface area contributed by atoms with E-state index in [9.17, 15) is 14.4 Å². The van der Waals surface area contributed by atoms with Gasteiger partial charge in [0.25, 0.3) is 11.8 Å². The first-order valence-electron chi connectivity index (χ1n) is 10.7. The predicted molar refractivity (Wildman–Crippen MR) is 124 cm³/mol. The highest BCUT2D eigenvalue weighted by Gasteiger charge is 2.35. The second-order valence-corrected chi connectivity index (χ2v) is 8.53. The largest absolute Gasteiger partial charge is 0.352 e. The molecule has 31 heavy (non-hydrogen) atoms. The lowest BCUT2D eigenvalue weighted by Gasteiger charge is -2.18. The lowest BCUT2D eigenvalue weighted by Crippen LogP contribution is -2.32. The maximum atomic E-state index is 12.5. The van der Waals surface area contributed by atoms with Gasteiger partial charge in [0.05, 0.1) is 11.1 Å². The van der Waals surface area contributed by atoms with Crippen LogP contribution in [0.2, 0.25) is 0 Å². The number of imide groups is 1. The van der Waals surface area contributed by atoms with Gasteiger partial charge in [0, 0.05) is 30.5 Å². The van der Waals surface area contributed by atoms with E-state index in [1.807, 2.05) is 12.1 Å². The summed E-state index contributed by atoms with van der Waals surface area (Å²) in [5.41, 5.74) is 3.13. The number of hydrogen-bond acceptors (Lipinski definition) is 4. The molecule has 1 aliphatic heterocycles. The quantitative estimate of drug-likeness (QED) is 0.516. The molecule has 1 N–H and O–H groups in total. The Labute approximate surface area is 191 Å². The summed E-state index contributed by atoms with van der Waals surface area (Å²) in [4.78, 5) is 40.6. The second kappa shape index (κ2) is 10.7. The number of fused-ring (bicyclic) bond motifs is 1. The van der Waals surface area contributed by atoms with Gasteiger partial charge in [-0.05, 0) is 48.8 Å². The molecule has 0 saturated heterocycles. The molecule has 0 bridgehead atoms. The van der Waals surface area contributed by atoms with Gasteiger partial charge in [0.15, 0.2) is 0 Å². The van der Waals surface area contributed by atoms with Gasteiger partial charge < -0.3 is 5.32 Å². The monoisotopic (exact) mass is 485 g/mol. The van der Waals surface area contributed by atoms with Crippen LogP contribution in [0.3, 0.4) is 0 Å². The van der Waals surface area contributed by atoms with Crippen LogP contribution in [0.4, 0.5) is 0 Å². The van der Waals surface area contributed by atoms with E-state index in [1.54, 1.807) is 18.2 Å². The first kappa shape index (κ1) is 23.2. The van der Waals surface area contributed by atoms with Gasteiger partial charge in [-0.2, -0.15) is 0 Å². The molecule has 0 spiro atoms. The molecule has 7 heteroatoms. The number of nitrogens with zero attached hydrogens (tertiary/aromatic N) is 2. The van der Waals surface area contributed by atoms with Crippen molar-refractivity contribution >= 4 is 33.7 Å². The Hall–Kier alpha value is -2.51. The van der Waals surface area contributed by atoms with Crippen LogP contribution in [0.15, 0.2) is 46.9 Å². The maximum absolute atomic E-state index is 12.5. The van der Waals surface area contributed by atoms with Gasteiger partial charge in [-0.25, -0.2) is 0 Å². The summed E-state index contributed by atoms with van der Waals surface area (Å²) in [6.45, 7) is 7.97. The molecular formula is C24H28BrN3O3. The SMILES string of the molecule is CCN(CC)Cc1ccc(CNC(=O)CCCN2C(=O)c3ccc(Br)cc3C2=O)cc1. The Bertz CT molecular complexity index is 955. The number of carbonyl (C=O) groups excluding carboxylic acids is 3. The molecule has 1 aliphatic rings. The summed E-state index contributed by atoms with van der Waals surface area (Å²) >= 11 is 3.32. The average Bonchev–Trinajstić information content (AvgIpc) is 3.01. The summed E-state index contributed by atoms with van der Waals surface area (Å²) in [5.74, 6) is -0.684. The maximum Gasteiger partial charge on any atom is 0.261 e. The van der Waals surface area contributed by atoms with Gasteiger partial charge in [-0.3, -0.25) is 24.2 Å². The van der Waals surface area contributed by atoms with Crippen molar-refractivity contribution < 1.29 is 14.4 Å². The number of amides is 3. The van der Waals surface area contributed by atoms with E-state index in [-0.39, 0.29) is 30.7 Å². The van der Waals surface area contributed by atoms with Gasteiger partial charge in [-0.1, -0.05) is 54.0 Å². The highest BCUT2D eigenvalue weighted by atomic mass is 79.9. The molecule has 164 valence electrons. The number of rotatable bonds is 10. The van der Waals surface area contributed by atoms with Crippen molar-refractivity contribution in [2.24, 2.45) is 0 Å². The zero-order valence-corrected chi connectivity index (χ0v) is 19.6. The summed E-state index contributed by atoms with van der Waals surface area (Å²) in [5, 5.41) is 2.91. The van der Waals surface area contributed by atoms with Crippen molar-refractivity contribution in [1.82, 2.24) is 15.1 Å². The molecule has 2 aromatic rings. The fraction of sp³-hybridized carbons (Fsp3) is 0.375. The van der Waals surface area contributed by atoms with Crippen molar-refractivity contribution in [3.8, 4) is 0 Å². The molecule has 0 atom stereocenters. The zero-order valence-electron chi connectivity index (χ0n) is 18.0. The Morgan fingerprint density at radius 2 is 1.61 bits per heavy atom. The highest BCUT2D eigenvalue weighted by Crippen LogP contribution is 2.26. The Balaban J connectivity index is 1.42. The molecule has 0 saturated carbocycles. The predicted octanol–water partition coefficient (Wildman–Crippen LogP) is 3.98. The first-order valence-corrected chi connectivity index (χ1v) is 11.4. The third kappa shape index (κ3) is 5.80. The van der Waals surface area contributed by atoms with Crippen LogP contribution in [0.5, 0.6) is 0 Å². The minimum atomic E-state index is -0.300. The summed E-state index contributed by atoms with van der Waals surface area (Å²) < 4.78 is 0.759. The fourth-order valence-electron chi connectivity index (χ4n) is 3.62. The molecule has 0 fully saturated rings. The van der Waals surface area contributed by atoms with E-state index >= 15 is 0 Å². The van der Waals surface area contributed by atoms with Crippen LogP contribution < -0.4 is 5.32 Å². The number of hydrogen-bond donors (Lipinski definition) is 1. The smallest absolute Gasteiger partial charge is 0.261 e. The zero-order chi connectivity index (χ0) is 22.4. The number of carbonyl (C=O) groups is 3. The van der Waals surface area contributed by atoms with Crippen LogP contribution >= 0.6 is 15.9 Å². The Kier molecular flexibility index (Phi) is 7.98. The van der Waals surface area contributed by atoms with Gasteiger partial charge in [0.2, 0.25) is 5.91 Å². The van der Waals surface area contributed by atoms with Gasteiger partial charge >= 0.3 is 0 Å². The second-order valence-electron chi connectivity index (χ2n) is 7.61. The molecule has 0 aromatic heterocycles. The fourth-order valence-corrected chi connectivity index (χ4v) is 3.98. The van der Waals surface area contributed by atoms with Crippen LogP contribution in [0.1, 0.15) is 58.5 Å². The summed E-state index contributed by atoms with van der Waals surface area (Å²) in [7, 11) is 0. The lowest BCUT2D eigenvalue weighted by molar-refractivity contribution is -0.121. The molecule has 1 heterocycles. The molecule has 0 unspecified atom stereocenters. The molecule has 0 aliphatic carbocycles. The summed E-state index contributed by atoms with van der Waals surface area (Å²) in [6, 6.07) is 13.3. The Morgan fingerprint density at radius 1 is 0.968 bits per heavy atom. The molecule has 0 radical (unpaired) electrons. The molecule has 2 aromatic carbocycles. The first-order chi connectivity index (χ1) is 14.9. The van der Waals surface area contributed by atoms with Crippen molar-refractivity contribution in [2.45, 2.75) is 39.8 Å². The van der Waals surface area contributed by atoms with Crippen LogP contribution in [0, 0.1) is 0 Å². The minimum absolute atomic E-state index is 0.0911. The third-order valence-corrected chi connectivity index (χ3v) is 6.02. The topological polar surface area (TPSA) is 69.7 Å². The number of halogens is 1. The Morgan fingerprint density at radius 3 is 2.29 bits per heavy atom. The van der Waals surface area contributed by atoms with Crippen molar-refractivity contribution in [3.63, 3.8) is 0 Å². The molecule has 6 nitrogen and oxygen atoms in total. The minimum Gasteiger partial charge on any atom is -0.352 e. The molecular weight excluding hydrogens is 458 g/mol. The van der Waals surface area contributed by atoms with Crippen LogP contribution in [0.25, 0.3) is 0 Å². The normalized spacial score (nSPS) is 13.1. The van der Waals surface area contributed by atoms with E-state index in [1.165, 1.54) is 10.5 Å². The van der Waals surface area contributed by atoms with E-state index < -0.39 is 0 Å². The van der Waals surface area contributed by atoms with Crippen LogP contribution in [-0.4, -0.2) is 47.2 Å². The average molecular weight is 486 g/mol. The van der Waals surface area contributed by atoms with Crippen molar-refractivity contribution in [2.75, 3.05) is 19.6 Å². The van der Waals surface area contributed by atoms with Gasteiger partial charge in [0.1, 0.15) is 0 Å². The van der Waals surface area contributed by atoms with Crippen molar-refractivity contribution in [1.29, 1.82) is 0 Å². The summed E-state index contributed by atoms with van der Waals surface area (Å²) in [6.07, 6.45) is 0.693. The van der Waals surface area contributed by atoms with Crippen LogP contribution in [-0.2, 0) is 17.9 Å². The highest BCUT2D eigenvalue weighted by molar-refractivity contribution is 9.10. The molecule has 3 rings (SSSR count). The number of benzene rings is 2. The van der Waals surface area contributed by atoms with E-state index in [4.69, 9.17) is 0 Å². The van der Waals surface area contributed by atoms with E-state index in [0.29, 0.717) is 24.1 Å². The number of nitrogens with one attached hydrogen (secondary N) is 1. The lowest BCUT2D eigenvalue weighted by atomic mass is 10.1. The molecule has 3 amide bonds. The van der Waals surface area contributed by atoms with E-state index in [2.05, 4.69) is 52.1 Å².